The molecule has 5 rings (SSSR count). The number of halogens is 4. The lowest BCUT2D eigenvalue weighted by Crippen LogP contribution is -2.33. The van der Waals surface area contributed by atoms with Crippen molar-refractivity contribution in [1.82, 2.24) is 24.7 Å². The number of fused-ring (bicyclic) bond motifs is 1. The van der Waals surface area contributed by atoms with Crippen molar-refractivity contribution in [2.75, 3.05) is 18.2 Å². The molecule has 210 valence electrons. The van der Waals surface area contributed by atoms with Crippen molar-refractivity contribution in [3.63, 3.8) is 0 Å². The van der Waals surface area contributed by atoms with Gasteiger partial charge in [0.2, 0.25) is 0 Å². The van der Waals surface area contributed by atoms with E-state index in [1.54, 1.807) is 12.3 Å². The second-order valence-corrected chi connectivity index (χ2v) is 9.70. The minimum Gasteiger partial charge on any atom is -0.478 e. The van der Waals surface area contributed by atoms with Crippen molar-refractivity contribution >= 4 is 22.3 Å². The number of aromatic nitrogens is 5. The van der Waals surface area contributed by atoms with E-state index in [2.05, 4.69) is 20.4 Å². The van der Waals surface area contributed by atoms with Gasteiger partial charge < -0.3 is 20.4 Å². The Morgan fingerprint density at radius 2 is 2.02 bits per heavy atom. The zero-order valence-corrected chi connectivity index (χ0v) is 21.3. The number of nitrogens with two attached hydrogens (primary N) is 1. The third-order valence-electron chi connectivity index (χ3n) is 7.03. The van der Waals surface area contributed by atoms with E-state index in [1.165, 1.54) is 23.9 Å². The number of aromatic amines is 1. The standard InChI is InChI=1S/C26H25F4N7O3/c1-40-24-22(31)35-19(10-32-24)17-8-14-5-6-37(25(39)16(14)9-18(17)27)12-13-3-2-4-15(7-13)34-20-11-33-36-23(38)21(20)26(28,29)30/h5-6,8-11,13,15H,2-4,7,12H2,1H3,(H2,31,35)(H2,34,36,38)/t13-,15+/m1/s1. The topological polar surface area (TPSA) is 141 Å². The highest BCUT2D eigenvalue weighted by molar-refractivity contribution is 5.86. The van der Waals surface area contributed by atoms with Crippen molar-refractivity contribution in [3.8, 4) is 17.1 Å². The van der Waals surface area contributed by atoms with Crippen molar-refractivity contribution in [1.29, 1.82) is 0 Å². The Morgan fingerprint density at radius 1 is 1.23 bits per heavy atom. The molecule has 0 bridgehead atoms. The maximum atomic E-state index is 15.1. The van der Waals surface area contributed by atoms with Crippen LogP contribution in [0.25, 0.3) is 22.0 Å². The van der Waals surface area contributed by atoms with E-state index in [-0.39, 0.29) is 46.0 Å². The van der Waals surface area contributed by atoms with E-state index in [0.29, 0.717) is 31.2 Å². The summed E-state index contributed by atoms with van der Waals surface area (Å²) < 4.78 is 61.8. The Kier molecular flexibility index (Phi) is 7.17. The number of hydrogen-bond acceptors (Lipinski definition) is 8. The summed E-state index contributed by atoms with van der Waals surface area (Å²) in [4.78, 5) is 33.2. The highest BCUT2D eigenvalue weighted by atomic mass is 19.4. The quantitative estimate of drug-likeness (QED) is 0.302. The molecule has 0 aliphatic heterocycles. The lowest BCUT2D eigenvalue weighted by atomic mass is 9.85. The molecule has 0 radical (unpaired) electrons. The largest absolute Gasteiger partial charge is 0.478 e. The summed E-state index contributed by atoms with van der Waals surface area (Å²) in [5, 5.41) is 8.83. The fraction of sp³-hybridized carbons (Fsp3) is 0.346. The van der Waals surface area contributed by atoms with E-state index in [0.717, 1.165) is 18.7 Å². The molecular weight excluding hydrogens is 534 g/mol. The van der Waals surface area contributed by atoms with Crippen LogP contribution in [-0.2, 0) is 12.7 Å². The fourth-order valence-corrected chi connectivity index (χ4v) is 5.20. The number of nitrogens with zero attached hydrogens (tertiary/aromatic N) is 4. The predicted octanol–water partition coefficient (Wildman–Crippen LogP) is 3.96. The van der Waals surface area contributed by atoms with Crippen LogP contribution >= 0.6 is 0 Å². The summed E-state index contributed by atoms with van der Waals surface area (Å²) in [6.45, 7) is 0.302. The van der Waals surface area contributed by atoms with E-state index in [9.17, 15) is 22.8 Å². The molecule has 3 heterocycles. The summed E-state index contributed by atoms with van der Waals surface area (Å²) in [6, 6.07) is 3.99. The SMILES string of the molecule is COc1ncc(-c2cc3ccn(C[C@@H]4CCC[C@H](Nc5cn[nH]c(=O)c5C(F)(F)F)C4)c(=O)c3cc2F)nc1N. The second kappa shape index (κ2) is 10.6. The van der Waals surface area contributed by atoms with Gasteiger partial charge in [-0.15, -0.1) is 0 Å². The van der Waals surface area contributed by atoms with Crippen LogP contribution in [0.4, 0.5) is 29.1 Å². The lowest BCUT2D eigenvalue weighted by Gasteiger charge is -2.31. The van der Waals surface area contributed by atoms with E-state index < -0.39 is 28.7 Å². The molecule has 1 fully saturated rings. The highest BCUT2D eigenvalue weighted by Gasteiger charge is 2.38. The first-order valence-corrected chi connectivity index (χ1v) is 12.5. The average Bonchev–Trinajstić information content (AvgIpc) is 2.90. The summed E-state index contributed by atoms with van der Waals surface area (Å²) in [5.74, 6) is -0.592. The Hall–Kier alpha value is -4.49. The van der Waals surface area contributed by atoms with Gasteiger partial charge in [0.15, 0.2) is 5.82 Å². The van der Waals surface area contributed by atoms with Crippen molar-refractivity contribution in [3.05, 3.63) is 68.9 Å². The van der Waals surface area contributed by atoms with Gasteiger partial charge in [0.05, 0.1) is 36.3 Å². The summed E-state index contributed by atoms with van der Waals surface area (Å²) in [5.41, 5.74) is 2.71. The summed E-state index contributed by atoms with van der Waals surface area (Å²) in [6.07, 6.45) is 1.59. The summed E-state index contributed by atoms with van der Waals surface area (Å²) in [7, 11) is 1.39. The van der Waals surface area contributed by atoms with Crippen LogP contribution < -0.4 is 26.9 Å². The zero-order chi connectivity index (χ0) is 28.6. The van der Waals surface area contributed by atoms with Crippen LogP contribution in [0.3, 0.4) is 0 Å². The molecule has 0 saturated heterocycles. The van der Waals surface area contributed by atoms with Crippen molar-refractivity contribution in [2.45, 2.75) is 44.4 Å². The number of rotatable bonds is 6. The molecule has 0 unspecified atom stereocenters. The van der Waals surface area contributed by atoms with Gasteiger partial charge in [0, 0.05) is 24.3 Å². The molecule has 0 amide bonds. The van der Waals surface area contributed by atoms with E-state index >= 15 is 4.39 Å². The molecule has 1 aliphatic rings. The smallest absolute Gasteiger partial charge is 0.423 e. The lowest BCUT2D eigenvalue weighted by molar-refractivity contribution is -0.138. The molecule has 14 heteroatoms. The van der Waals surface area contributed by atoms with Gasteiger partial charge in [-0.05, 0) is 48.8 Å². The van der Waals surface area contributed by atoms with Gasteiger partial charge in [0.1, 0.15) is 11.4 Å². The molecular formula is C26H25F4N7O3. The van der Waals surface area contributed by atoms with Gasteiger partial charge >= 0.3 is 6.18 Å². The molecule has 40 heavy (non-hydrogen) atoms. The second-order valence-electron chi connectivity index (χ2n) is 9.70. The number of H-pyrrole nitrogens is 1. The molecule has 0 spiro atoms. The predicted molar refractivity (Wildman–Crippen MR) is 139 cm³/mol. The average molecular weight is 560 g/mol. The number of nitrogen functional groups attached to an aromatic ring is 1. The molecule has 1 saturated carbocycles. The number of anilines is 2. The highest BCUT2D eigenvalue weighted by Crippen LogP contribution is 2.34. The maximum Gasteiger partial charge on any atom is 0.423 e. The number of alkyl halides is 3. The molecule has 1 aromatic carbocycles. The van der Waals surface area contributed by atoms with Crippen LogP contribution in [0, 0.1) is 11.7 Å². The van der Waals surface area contributed by atoms with Gasteiger partial charge in [-0.1, -0.05) is 6.42 Å². The first kappa shape index (κ1) is 27.1. The van der Waals surface area contributed by atoms with Crippen LogP contribution in [0.2, 0.25) is 0 Å². The first-order valence-electron chi connectivity index (χ1n) is 12.5. The first-order chi connectivity index (χ1) is 19.0. The van der Waals surface area contributed by atoms with E-state index in [4.69, 9.17) is 10.5 Å². The van der Waals surface area contributed by atoms with Crippen molar-refractivity contribution < 1.29 is 22.3 Å². The molecule has 4 aromatic rings. The van der Waals surface area contributed by atoms with Crippen LogP contribution in [0.5, 0.6) is 5.88 Å². The third kappa shape index (κ3) is 5.33. The third-order valence-corrected chi connectivity index (χ3v) is 7.03. The molecule has 2 atom stereocenters. The van der Waals surface area contributed by atoms with Gasteiger partial charge in [-0.25, -0.2) is 19.5 Å². The minimum atomic E-state index is -4.84. The number of methoxy groups -OCH3 is 1. The van der Waals surface area contributed by atoms with Gasteiger partial charge in [-0.2, -0.15) is 18.3 Å². The maximum absolute atomic E-state index is 15.1. The van der Waals surface area contributed by atoms with E-state index in [1.807, 2.05) is 5.10 Å². The van der Waals surface area contributed by atoms with Crippen LogP contribution in [-0.4, -0.2) is 37.9 Å². The fourth-order valence-electron chi connectivity index (χ4n) is 5.20. The molecule has 4 N–H and O–H groups in total. The number of benzene rings is 1. The van der Waals surface area contributed by atoms with Crippen LogP contribution in [0.1, 0.15) is 31.2 Å². The normalized spacial score (nSPS) is 17.6. The number of pyridine rings is 1. The monoisotopic (exact) mass is 559 g/mol. The Balaban J connectivity index is 1.36. The Bertz CT molecular complexity index is 1690. The zero-order valence-electron chi connectivity index (χ0n) is 21.3. The molecule has 3 aromatic heterocycles. The van der Waals surface area contributed by atoms with Crippen LogP contribution in [0.15, 0.2) is 46.4 Å². The van der Waals surface area contributed by atoms with Gasteiger partial charge in [-0.3, -0.25) is 9.59 Å². The minimum absolute atomic E-state index is 0.000138. The number of nitrogens with one attached hydrogen (secondary N) is 2. The molecule has 1 aliphatic carbocycles. The van der Waals surface area contributed by atoms with Gasteiger partial charge in [0.25, 0.3) is 17.0 Å². The summed E-state index contributed by atoms with van der Waals surface area (Å²) >= 11 is 0. The van der Waals surface area contributed by atoms with Crippen molar-refractivity contribution in [2.24, 2.45) is 5.92 Å². The number of ether oxygens (including phenoxy) is 1. The number of hydrogen-bond donors (Lipinski definition) is 3. The molecule has 10 nitrogen and oxygen atoms in total. The Morgan fingerprint density at radius 3 is 2.75 bits per heavy atom. The Labute approximate surface area is 224 Å².